The molecule has 1 aliphatic rings. The first-order valence-electron chi connectivity index (χ1n) is 4.90. The Morgan fingerprint density at radius 1 is 1.21 bits per heavy atom. The van der Waals surface area contributed by atoms with Gasteiger partial charge in [0.25, 0.3) is 0 Å². The number of carbonyl (C=O) groups is 1. The third-order valence-electron chi connectivity index (χ3n) is 3.68. The Labute approximate surface area is 83.6 Å². The molecule has 74 valence electrons. The molecule has 2 rings (SSSR count). The van der Waals surface area contributed by atoms with E-state index in [4.69, 9.17) is 0 Å². The average Bonchev–Trinajstić information content (AvgIpc) is 2.72. The first kappa shape index (κ1) is 9.25. The Morgan fingerprint density at radius 3 is 2.07 bits per heavy atom. The Bertz CT molecular complexity index is 348. The largest absolute Gasteiger partial charge is 0.481 e. The van der Waals surface area contributed by atoms with Crippen molar-refractivity contribution < 1.29 is 9.90 Å². The van der Waals surface area contributed by atoms with Gasteiger partial charge in [-0.25, -0.2) is 0 Å². The highest BCUT2D eigenvalue weighted by Crippen LogP contribution is 2.59. The fourth-order valence-corrected chi connectivity index (χ4v) is 2.53. The van der Waals surface area contributed by atoms with E-state index in [-0.39, 0.29) is 11.8 Å². The molecular formula is C12H14O2. The van der Waals surface area contributed by atoms with Crippen LogP contribution in [0.2, 0.25) is 0 Å². The number of aliphatic carboxylic acids is 1. The van der Waals surface area contributed by atoms with Crippen molar-refractivity contribution in [2.45, 2.75) is 19.3 Å². The van der Waals surface area contributed by atoms with Crippen LogP contribution in [0.5, 0.6) is 0 Å². The van der Waals surface area contributed by atoms with Gasteiger partial charge in [0.1, 0.15) is 0 Å². The Hall–Kier alpha value is -1.31. The Kier molecular flexibility index (Phi) is 1.88. The summed E-state index contributed by atoms with van der Waals surface area (Å²) in [5.41, 5.74) is 0.314. The summed E-state index contributed by atoms with van der Waals surface area (Å²) < 4.78 is 0. The highest BCUT2D eigenvalue weighted by molar-refractivity contribution is 5.86. The van der Waals surface area contributed by atoms with Crippen molar-refractivity contribution in [2.24, 2.45) is 11.8 Å². The molecule has 1 aromatic carbocycles. The summed E-state index contributed by atoms with van der Waals surface area (Å²) in [7, 11) is 0. The second-order valence-electron chi connectivity index (χ2n) is 4.12. The fraction of sp³-hybridized carbons (Fsp3) is 0.417. The quantitative estimate of drug-likeness (QED) is 0.776. The monoisotopic (exact) mass is 190 g/mol. The van der Waals surface area contributed by atoms with Crippen LogP contribution in [0.15, 0.2) is 30.3 Å². The fourth-order valence-electron chi connectivity index (χ4n) is 2.53. The second-order valence-corrected chi connectivity index (χ2v) is 4.12. The molecule has 0 amide bonds. The smallest absolute Gasteiger partial charge is 0.314 e. The van der Waals surface area contributed by atoms with Gasteiger partial charge in [-0.2, -0.15) is 0 Å². The Balaban J connectivity index is 2.46. The lowest BCUT2D eigenvalue weighted by atomic mass is 9.92. The molecule has 2 heteroatoms. The number of carboxylic acid groups (broad SMARTS) is 1. The topological polar surface area (TPSA) is 37.3 Å². The van der Waals surface area contributed by atoms with Gasteiger partial charge in [0.2, 0.25) is 0 Å². The van der Waals surface area contributed by atoms with Crippen molar-refractivity contribution in [3.05, 3.63) is 35.9 Å². The van der Waals surface area contributed by atoms with E-state index < -0.39 is 11.4 Å². The molecule has 0 spiro atoms. The van der Waals surface area contributed by atoms with E-state index in [1.54, 1.807) is 0 Å². The molecule has 1 aromatic rings. The standard InChI is InChI=1S/C12H14O2/c1-8-9(2)12(8,11(13)14)10-6-4-3-5-7-10/h3-9H,1-2H3,(H,13,14)/t8-,9+,12?. The summed E-state index contributed by atoms with van der Waals surface area (Å²) in [4.78, 5) is 11.3. The summed E-state index contributed by atoms with van der Waals surface area (Å²) in [5.74, 6) is -0.214. The highest BCUT2D eigenvalue weighted by atomic mass is 16.4. The summed E-state index contributed by atoms with van der Waals surface area (Å²) >= 11 is 0. The minimum Gasteiger partial charge on any atom is -0.481 e. The molecule has 0 radical (unpaired) electrons. The first-order valence-corrected chi connectivity index (χ1v) is 4.90. The normalized spacial score (nSPS) is 35.3. The van der Waals surface area contributed by atoms with Gasteiger partial charge in [-0.1, -0.05) is 44.2 Å². The molecule has 0 bridgehead atoms. The van der Waals surface area contributed by atoms with Crippen LogP contribution in [0.4, 0.5) is 0 Å². The molecule has 0 aromatic heterocycles. The van der Waals surface area contributed by atoms with Crippen LogP contribution >= 0.6 is 0 Å². The minimum absolute atomic E-state index is 0.238. The maximum absolute atomic E-state index is 11.3. The van der Waals surface area contributed by atoms with Gasteiger partial charge in [-0.3, -0.25) is 4.79 Å². The van der Waals surface area contributed by atoms with Gasteiger partial charge in [-0.05, 0) is 17.4 Å². The predicted octanol–water partition coefficient (Wildman–Crippen LogP) is 2.29. The van der Waals surface area contributed by atoms with Gasteiger partial charge in [-0.15, -0.1) is 0 Å². The lowest BCUT2D eigenvalue weighted by Gasteiger charge is -2.11. The average molecular weight is 190 g/mol. The summed E-state index contributed by atoms with van der Waals surface area (Å²) in [5, 5.41) is 9.30. The van der Waals surface area contributed by atoms with Crippen LogP contribution in [-0.4, -0.2) is 11.1 Å². The van der Waals surface area contributed by atoms with Crippen LogP contribution < -0.4 is 0 Å². The third-order valence-corrected chi connectivity index (χ3v) is 3.68. The van der Waals surface area contributed by atoms with E-state index in [1.807, 2.05) is 44.2 Å². The van der Waals surface area contributed by atoms with Crippen LogP contribution in [0, 0.1) is 11.8 Å². The van der Waals surface area contributed by atoms with Crippen LogP contribution in [0.25, 0.3) is 0 Å². The minimum atomic E-state index is -0.691. The molecule has 1 fully saturated rings. The molecule has 2 nitrogen and oxygen atoms in total. The predicted molar refractivity (Wildman–Crippen MR) is 54.1 cm³/mol. The van der Waals surface area contributed by atoms with E-state index >= 15 is 0 Å². The van der Waals surface area contributed by atoms with Crippen molar-refractivity contribution in [3.8, 4) is 0 Å². The van der Waals surface area contributed by atoms with E-state index in [1.165, 1.54) is 0 Å². The zero-order chi connectivity index (χ0) is 10.3. The van der Waals surface area contributed by atoms with E-state index in [0.29, 0.717) is 0 Å². The van der Waals surface area contributed by atoms with Crippen molar-refractivity contribution in [2.75, 3.05) is 0 Å². The lowest BCUT2D eigenvalue weighted by molar-refractivity contribution is -0.140. The van der Waals surface area contributed by atoms with E-state index in [0.717, 1.165) is 5.56 Å². The maximum atomic E-state index is 11.3. The zero-order valence-corrected chi connectivity index (χ0v) is 8.40. The summed E-state index contributed by atoms with van der Waals surface area (Å²) in [6, 6.07) is 9.54. The maximum Gasteiger partial charge on any atom is 0.314 e. The van der Waals surface area contributed by atoms with Gasteiger partial charge in [0.05, 0.1) is 5.41 Å². The highest BCUT2D eigenvalue weighted by Gasteiger charge is 2.65. The molecule has 0 aliphatic heterocycles. The number of hydrogen-bond acceptors (Lipinski definition) is 1. The number of carboxylic acids is 1. The van der Waals surface area contributed by atoms with Crippen LogP contribution in [0.1, 0.15) is 19.4 Å². The Morgan fingerprint density at radius 2 is 1.71 bits per heavy atom. The van der Waals surface area contributed by atoms with E-state index in [2.05, 4.69) is 0 Å². The molecule has 14 heavy (non-hydrogen) atoms. The molecule has 1 N–H and O–H groups in total. The molecule has 1 saturated carbocycles. The molecular weight excluding hydrogens is 176 g/mol. The summed E-state index contributed by atoms with van der Waals surface area (Å²) in [6.07, 6.45) is 0. The molecule has 0 saturated heterocycles. The van der Waals surface area contributed by atoms with Gasteiger partial charge in [0.15, 0.2) is 0 Å². The van der Waals surface area contributed by atoms with Crippen LogP contribution in [0.3, 0.4) is 0 Å². The molecule has 1 unspecified atom stereocenters. The van der Waals surface area contributed by atoms with Crippen LogP contribution in [-0.2, 0) is 10.2 Å². The van der Waals surface area contributed by atoms with Gasteiger partial charge in [0, 0.05) is 0 Å². The molecule has 1 aliphatic carbocycles. The molecule has 3 atom stereocenters. The molecule has 0 heterocycles. The van der Waals surface area contributed by atoms with Crippen molar-refractivity contribution in [1.29, 1.82) is 0 Å². The lowest BCUT2D eigenvalue weighted by Crippen LogP contribution is -2.23. The van der Waals surface area contributed by atoms with Crippen molar-refractivity contribution in [3.63, 3.8) is 0 Å². The van der Waals surface area contributed by atoms with Crippen molar-refractivity contribution in [1.82, 2.24) is 0 Å². The second kappa shape index (κ2) is 2.84. The first-order chi connectivity index (χ1) is 6.61. The number of benzene rings is 1. The van der Waals surface area contributed by atoms with E-state index in [9.17, 15) is 9.90 Å². The third kappa shape index (κ3) is 0.939. The number of rotatable bonds is 2. The van der Waals surface area contributed by atoms with Gasteiger partial charge >= 0.3 is 5.97 Å². The SMILES string of the molecule is C[C@@H]1[C@H](C)C1(C(=O)O)c1ccccc1. The summed E-state index contributed by atoms with van der Waals surface area (Å²) in [6.45, 7) is 4.01. The zero-order valence-electron chi connectivity index (χ0n) is 8.40. The van der Waals surface area contributed by atoms with Gasteiger partial charge < -0.3 is 5.11 Å². The van der Waals surface area contributed by atoms with Crippen molar-refractivity contribution >= 4 is 5.97 Å². The number of hydrogen-bond donors (Lipinski definition) is 1.